The van der Waals surface area contributed by atoms with Crippen molar-refractivity contribution in [3.63, 3.8) is 0 Å². The van der Waals surface area contributed by atoms with Crippen LogP contribution in [-0.4, -0.2) is 17.4 Å². The van der Waals surface area contributed by atoms with Gasteiger partial charge in [0.1, 0.15) is 0 Å². The molecule has 2 aromatic rings. The Balaban J connectivity index is 1.78. The van der Waals surface area contributed by atoms with Crippen LogP contribution in [0.2, 0.25) is 0 Å². The minimum Gasteiger partial charge on any atom is -0.272 e. The molecule has 0 saturated carbocycles. The fourth-order valence-electron chi connectivity index (χ4n) is 1.79. The smallest absolute Gasteiger partial charge is 0.250 e. The van der Waals surface area contributed by atoms with Crippen LogP contribution in [0.4, 0.5) is 0 Å². The first-order valence-electron chi connectivity index (χ1n) is 6.86. The zero-order valence-corrected chi connectivity index (χ0v) is 14.7. The van der Waals surface area contributed by atoms with Crippen molar-refractivity contribution in [2.45, 2.75) is 12.7 Å². The lowest BCUT2D eigenvalue weighted by Crippen LogP contribution is -2.21. The molecule has 0 aliphatic rings. The second-order valence-corrected chi connectivity index (χ2v) is 6.52. The number of hydrogen-bond donors (Lipinski definition) is 1. The summed E-state index contributed by atoms with van der Waals surface area (Å²) in [6, 6.07) is 17.8. The number of nitrogens with one attached hydrogen (secondary N) is 1. The Morgan fingerprint density at radius 2 is 1.82 bits per heavy atom. The van der Waals surface area contributed by atoms with Gasteiger partial charge in [-0.2, -0.15) is 5.10 Å². The molecule has 0 aliphatic heterocycles. The van der Waals surface area contributed by atoms with Crippen molar-refractivity contribution >= 4 is 39.3 Å². The SMILES string of the molecule is CC(=NNC(=O)CSCc1ccccc1Br)c1ccccc1. The number of benzene rings is 2. The summed E-state index contributed by atoms with van der Waals surface area (Å²) in [6.45, 7) is 1.88. The zero-order valence-electron chi connectivity index (χ0n) is 12.3. The van der Waals surface area contributed by atoms with E-state index in [0.717, 1.165) is 21.5 Å². The van der Waals surface area contributed by atoms with Crippen LogP contribution in [0.5, 0.6) is 0 Å². The molecular formula is C17H17BrN2OS. The van der Waals surface area contributed by atoms with Crippen molar-refractivity contribution < 1.29 is 4.79 Å². The molecule has 2 aromatic carbocycles. The molecular weight excluding hydrogens is 360 g/mol. The zero-order chi connectivity index (χ0) is 15.8. The normalized spacial score (nSPS) is 11.3. The Labute approximate surface area is 143 Å². The van der Waals surface area contributed by atoms with E-state index in [2.05, 4.69) is 26.5 Å². The molecule has 22 heavy (non-hydrogen) atoms. The highest BCUT2D eigenvalue weighted by Gasteiger charge is 2.04. The van der Waals surface area contributed by atoms with Gasteiger partial charge in [0.05, 0.1) is 11.5 Å². The number of amides is 1. The third kappa shape index (κ3) is 5.31. The molecule has 114 valence electrons. The van der Waals surface area contributed by atoms with Crippen LogP contribution in [0.1, 0.15) is 18.1 Å². The number of hydrogen-bond acceptors (Lipinski definition) is 3. The van der Waals surface area contributed by atoms with Crippen LogP contribution in [0.3, 0.4) is 0 Å². The summed E-state index contributed by atoms with van der Waals surface area (Å²) in [5, 5.41) is 4.13. The van der Waals surface area contributed by atoms with Gasteiger partial charge in [0, 0.05) is 10.2 Å². The molecule has 0 fully saturated rings. The lowest BCUT2D eigenvalue weighted by molar-refractivity contribution is -0.118. The minimum absolute atomic E-state index is 0.0904. The molecule has 0 radical (unpaired) electrons. The summed E-state index contributed by atoms with van der Waals surface area (Å²) in [7, 11) is 0. The van der Waals surface area contributed by atoms with Crippen LogP contribution < -0.4 is 5.43 Å². The van der Waals surface area contributed by atoms with Gasteiger partial charge in [-0.1, -0.05) is 64.5 Å². The molecule has 5 heteroatoms. The van der Waals surface area contributed by atoms with Gasteiger partial charge in [-0.15, -0.1) is 11.8 Å². The van der Waals surface area contributed by atoms with E-state index in [1.165, 1.54) is 5.56 Å². The highest BCUT2D eigenvalue weighted by Crippen LogP contribution is 2.21. The van der Waals surface area contributed by atoms with Gasteiger partial charge >= 0.3 is 0 Å². The molecule has 2 rings (SSSR count). The summed E-state index contributed by atoms with van der Waals surface area (Å²) < 4.78 is 1.07. The van der Waals surface area contributed by atoms with E-state index in [1.807, 2.05) is 61.5 Å². The maximum atomic E-state index is 11.8. The summed E-state index contributed by atoms with van der Waals surface area (Å²) in [6.07, 6.45) is 0. The van der Waals surface area contributed by atoms with Crippen molar-refractivity contribution in [2.75, 3.05) is 5.75 Å². The van der Waals surface area contributed by atoms with Gasteiger partial charge in [0.25, 0.3) is 0 Å². The van der Waals surface area contributed by atoms with Gasteiger partial charge in [0.2, 0.25) is 5.91 Å². The van der Waals surface area contributed by atoms with E-state index in [0.29, 0.717) is 5.75 Å². The van der Waals surface area contributed by atoms with E-state index >= 15 is 0 Å². The lowest BCUT2D eigenvalue weighted by Gasteiger charge is -2.04. The van der Waals surface area contributed by atoms with Gasteiger partial charge in [-0.05, 0) is 24.1 Å². The topological polar surface area (TPSA) is 41.5 Å². The highest BCUT2D eigenvalue weighted by molar-refractivity contribution is 9.10. The molecule has 0 atom stereocenters. The Bertz CT molecular complexity index is 659. The Kier molecular flexibility index (Phi) is 6.68. The van der Waals surface area contributed by atoms with Gasteiger partial charge in [0.15, 0.2) is 0 Å². The van der Waals surface area contributed by atoms with Crippen LogP contribution in [-0.2, 0) is 10.5 Å². The molecule has 0 saturated heterocycles. The summed E-state index contributed by atoms with van der Waals surface area (Å²) >= 11 is 5.07. The minimum atomic E-state index is -0.0904. The molecule has 0 spiro atoms. The maximum absolute atomic E-state index is 11.8. The van der Waals surface area contributed by atoms with E-state index in [1.54, 1.807) is 11.8 Å². The third-order valence-electron chi connectivity index (χ3n) is 2.99. The molecule has 0 bridgehead atoms. The van der Waals surface area contributed by atoms with Crippen molar-refractivity contribution in [1.82, 2.24) is 5.43 Å². The van der Waals surface area contributed by atoms with Crippen molar-refractivity contribution in [2.24, 2.45) is 5.10 Å². The van der Waals surface area contributed by atoms with Crippen molar-refractivity contribution in [3.8, 4) is 0 Å². The standard InChI is InChI=1S/C17H17BrN2OS/c1-13(14-7-3-2-4-8-14)19-20-17(21)12-22-11-15-9-5-6-10-16(15)18/h2-10H,11-12H2,1H3,(H,20,21). The van der Waals surface area contributed by atoms with E-state index in [-0.39, 0.29) is 5.91 Å². The monoisotopic (exact) mass is 376 g/mol. The van der Waals surface area contributed by atoms with Crippen LogP contribution in [0, 0.1) is 0 Å². The van der Waals surface area contributed by atoms with Gasteiger partial charge < -0.3 is 0 Å². The molecule has 3 nitrogen and oxygen atoms in total. The summed E-state index contributed by atoms with van der Waals surface area (Å²) in [5.74, 6) is 1.08. The maximum Gasteiger partial charge on any atom is 0.250 e. The second kappa shape index (κ2) is 8.76. The second-order valence-electron chi connectivity index (χ2n) is 4.68. The average Bonchev–Trinajstić information content (AvgIpc) is 2.55. The number of halogens is 1. The molecule has 1 N–H and O–H groups in total. The fourth-order valence-corrected chi connectivity index (χ4v) is 3.23. The first-order valence-corrected chi connectivity index (χ1v) is 8.81. The van der Waals surface area contributed by atoms with Gasteiger partial charge in [-0.3, -0.25) is 4.79 Å². The lowest BCUT2D eigenvalue weighted by atomic mass is 10.1. The average molecular weight is 377 g/mol. The predicted molar refractivity (Wildman–Crippen MR) is 97.1 cm³/mol. The number of carbonyl (C=O) groups excluding carboxylic acids is 1. The van der Waals surface area contributed by atoms with Crippen molar-refractivity contribution in [3.05, 3.63) is 70.2 Å². The Hall–Kier alpha value is -1.59. The third-order valence-corrected chi connectivity index (χ3v) is 4.74. The highest BCUT2D eigenvalue weighted by atomic mass is 79.9. The molecule has 1 amide bonds. The first kappa shape index (κ1) is 16.8. The van der Waals surface area contributed by atoms with Crippen LogP contribution >= 0.6 is 27.7 Å². The number of carbonyl (C=O) groups is 1. The van der Waals surface area contributed by atoms with Crippen LogP contribution in [0.15, 0.2) is 64.2 Å². The number of thioether (sulfide) groups is 1. The predicted octanol–water partition coefficient (Wildman–Crippen LogP) is 4.22. The Morgan fingerprint density at radius 1 is 1.14 bits per heavy atom. The largest absolute Gasteiger partial charge is 0.272 e. The van der Waals surface area contributed by atoms with E-state index < -0.39 is 0 Å². The molecule has 0 aromatic heterocycles. The molecule has 0 heterocycles. The first-order chi connectivity index (χ1) is 10.7. The summed E-state index contributed by atoms with van der Waals surface area (Å²) in [5.41, 5.74) is 5.58. The Morgan fingerprint density at radius 3 is 2.55 bits per heavy atom. The number of nitrogens with zero attached hydrogens (tertiary/aromatic N) is 1. The van der Waals surface area contributed by atoms with E-state index in [4.69, 9.17) is 0 Å². The fraction of sp³-hybridized carbons (Fsp3) is 0.176. The van der Waals surface area contributed by atoms with E-state index in [9.17, 15) is 4.79 Å². The van der Waals surface area contributed by atoms with Crippen molar-refractivity contribution in [1.29, 1.82) is 0 Å². The quantitative estimate of drug-likeness (QED) is 0.605. The molecule has 0 aliphatic carbocycles. The van der Waals surface area contributed by atoms with Crippen LogP contribution in [0.25, 0.3) is 0 Å². The number of rotatable bonds is 6. The van der Waals surface area contributed by atoms with Gasteiger partial charge in [-0.25, -0.2) is 5.43 Å². The number of hydrazone groups is 1. The molecule has 0 unspecified atom stereocenters. The summed E-state index contributed by atoms with van der Waals surface area (Å²) in [4.78, 5) is 11.8.